The molecule has 0 N–H and O–H groups in total. The maximum atomic E-state index is 13.5. The fourth-order valence-corrected chi connectivity index (χ4v) is 6.05. The molecule has 2 heterocycles. The van der Waals surface area contributed by atoms with Crippen LogP contribution in [-0.2, 0) is 26.0 Å². The summed E-state index contributed by atoms with van der Waals surface area (Å²) >= 11 is 0. The van der Waals surface area contributed by atoms with Gasteiger partial charge >= 0.3 is 5.97 Å². The predicted octanol–water partition coefficient (Wildman–Crippen LogP) is 3.24. The third-order valence-corrected chi connectivity index (χ3v) is 7.87. The highest BCUT2D eigenvalue weighted by molar-refractivity contribution is 7.92. The lowest BCUT2D eigenvalue weighted by molar-refractivity contribution is -0.149. The van der Waals surface area contributed by atoms with Crippen LogP contribution in [0.15, 0.2) is 53.4 Å². The van der Waals surface area contributed by atoms with Gasteiger partial charge in [0, 0.05) is 25.2 Å². The number of ether oxygens (including phenoxy) is 1. The molecule has 1 atom stereocenters. The quantitative estimate of drug-likeness (QED) is 0.645. The molecule has 8 heteroatoms. The van der Waals surface area contributed by atoms with Crippen molar-refractivity contribution in [2.75, 3.05) is 30.5 Å². The number of anilines is 1. The lowest BCUT2D eigenvalue weighted by atomic mass is 9.97. The number of hydrogen-bond donors (Lipinski definition) is 0. The minimum absolute atomic E-state index is 0.0963. The first kappa shape index (κ1) is 22.3. The molecule has 0 spiro atoms. The normalized spacial score (nSPS) is 18.7. The van der Waals surface area contributed by atoms with E-state index in [-0.39, 0.29) is 29.2 Å². The number of carbonyl (C=O) groups is 2. The van der Waals surface area contributed by atoms with Crippen LogP contribution in [0.2, 0.25) is 0 Å². The van der Waals surface area contributed by atoms with E-state index in [0.29, 0.717) is 43.8 Å². The summed E-state index contributed by atoms with van der Waals surface area (Å²) in [6.07, 6.45) is 2.98. The first-order chi connectivity index (χ1) is 15.4. The van der Waals surface area contributed by atoms with Gasteiger partial charge in [0.2, 0.25) is 0 Å². The van der Waals surface area contributed by atoms with E-state index in [4.69, 9.17) is 4.74 Å². The van der Waals surface area contributed by atoms with Crippen LogP contribution in [0.25, 0.3) is 0 Å². The smallest absolute Gasteiger partial charge is 0.310 e. The number of fused-ring (bicyclic) bond motifs is 1. The summed E-state index contributed by atoms with van der Waals surface area (Å²) < 4.78 is 33.5. The van der Waals surface area contributed by atoms with Crippen molar-refractivity contribution < 1.29 is 22.7 Å². The number of nitrogens with zero attached hydrogens (tertiary/aromatic N) is 2. The Kier molecular flexibility index (Phi) is 6.50. The molecule has 0 aromatic heterocycles. The zero-order valence-corrected chi connectivity index (χ0v) is 19.0. The molecular formula is C24H28N2O5S. The summed E-state index contributed by atoms with van der Waals surface area (Å²) in [6, 6.07) is 13.7. The molecule has 2 aliphatic heterocycles. The fraction of sp³-hybridized carbons (Fsp3) is 0.417. The predicted molar refractivity (Wildman–Crippen MR) is 121 cm³/mol. The van der Waals surface area contributed by atoms with E-state index in [0.717, 1.165) is 18.4 Å². The average Bonchev–Trinajstić information content (AvgIpc) is 2.83. The molecule has 0 aliphatic carbocycles. The van der Waals surface area contributed by atoms with Gasteiger partial charge in [0.1, 0.15) is 0 Å². The average molecular weight is 457 g/mol. The lowest BCUT2D eigenvalue weighted by Crippen LogP contribution is -2.43. The third-order valence-electron chi connectivity index (χ3n) is 6.07. The van der Waals surface area contributed by atoms with E-state index in [1.165, 1.54) is 16.4 Å². The largest absolute Gasteiger partial charge is 0.466 e. The molecule has 1 saturated heterocycles. The highest BCUT2D eigenvalue weighted by atomic mass is 32.2. The van der Waals surface area contributed by atoms with Crippen LogP contribution in [0, 0.1) is 5.92 Å². The Bertz CT molecular complexity index is 1110. The molecule has 2 aliphatic rings. The Morgan fingerprint density at radius 3 is 2.69 bits per heavy atom. The number of rotatable bonds is 5. The number of likely N-dealkylation sites (tertiary alicyclic amines) is 1. The molecule has 0 bridgehead atoms. The Balaban J connectivity index is 1.57. The van der Waals surface area contributed by atoms with Crippen LogP contribution in [0.1, 0.15) is 42.1 Å². The van der Waals surface area contributed by atoms with Gasteiger partial charge in [-0.05, 0) is 62.4 Å². The third kappa shape index (κ3) is 4.37. The van der Waals surface area contributed by atoms with Crippen LogP contribution in [-0.4, -0.2) is 51.4 Å². The lowest BCUT2D eigenvalue weighted by Gasteiger charge is -2.32. The highest BCUT2D eigenvalue weighted by Crippen LogP contribution is 2.32. The highest BCUT2D eigenvalue weighted by Gasteiger charge is 2.32. The number of para-hydroxylation sites is 1. The summed E-state index contributed by atoms with van der Waals surface area (Å²) in [5.74, 6) is -0.899. The first-order valence-corrected chi connectivity index (χ1v) is 12.5. The maximum Gasteiger partial charge on any atom is 0.310 e. The summed E-state index contributed by atoms with van der Waals surface area (Å²) in [5.41, 5.74) is 2.01. The van der Waals surface area contributed by atoms with Crippen molar-refractivity contribution in [3.63, 3.8) is 0 Å². The minimum Gasteiger partial charge on any atom is -0.466 e. The number of benzene rings is 2. The van der Waals surface area contributed by atoms with Gasteiger partial charge in [0.25, 0.3) is 15.9 Å². The van der Waals surface area contributed by atoms with Crippen molar-refractivity contribution in [2.45, 2.75) is 37.5 Å². The topological polar surface area (TPSA) is 84.0 Å². The molecule has 2 aromatic rings. The number of amides is 1. The molecule has 170 valence electrons. The Morgan fingerprint density at radius 2 is 1.88 bits per heavy atom. The van der Waals surface area contributed by atoms with Crippen LogP contribution in [0.4, 0.5) is 5.69 Å². The minimum atomic E-state index is -3.81. The number of aryl methyl sites for hydroxylation is 1. The van der Waals surface area contributed by atoms with Crippen molar-refractivity contribution >= 4 is 27.6 Å². The van der Waals surface area contributed by atoms with E-state index in [1.54, 1.807) is 24.0 Å². The fourth-order valence-electron chi connectivity index (χ4n) is 4.46. The van der Waals surface area contributed by atoms with Gasteiger partial charge < -0.3 is 9.64 Å². The molecule has 1 unspecified atom stereocenters. The number of carbonyl (C=O) groups excluding carboxylic acids is 2. The van der Waals surface area contributed by atoms with Gasteiger partial charge in [0.15, 0.2) is 0 Å². The van der Waals surface area contributed by atoms with Crippen LogP contribution in [0.3, 0.4) is 0 Å². The Labute approximate surface area is 189 Å². The first-order valence-electron chi connectivity index (χ1n) is 11.1. The molecule has 7 nitrogen and oxygen atoms in total. The van der Waals surface area contributed by atoms with Crippen molar-refractivity contribution in [1.82, 2.24) is 4.90 Å². The van der Waals surface area contributed by atoms with Crippen molar-refractivity contribution in [3.05, 3.63) is 59.7 Å². The maximum absolute atomic E-state index is 13.5. The number of piperidine rings is 1. The van der Waals surface area contributed by atoms with Gasteiger partial charge in [0.05, 0.1) is 23.1 Å². The van der Waals surface area contributed by atoms with Gasteiger partial charge in [-0.2, -0.15) is 0 Å². The van der Waals surface area contributed by atoms with Gasteiger partial charge in [-0.3, -0.25) is 13.9 Å². The second-order valence-electron chi connectivity index (χ2n) is 8.18. The summed E-state index contributed by atoms with van der Waals surface area (Å²) in [7, 11) is -3.81. The summed E-state index contributed by atoms with van der Waals surface area (Å²) in [4.78, 5) is 27.0. The second kappa shape index (κ2) is 9.32. The number of sulfonamides is 1. The summed E-state index contributed by atoms with van der Waals surface area (Å²) in [5, 5.41) is 0. The van der Waals surface area contributed by atoms with Crippen molar-refractivity contribution in [3.8, 4) is 0 Å². The van der Waals surface area contributed by atoms with Gasteiger partial charge in [-0.15, -0.1) is 0 Å². The van der Waals surface area contributed by atoms with E-state index >= 15 is 0 Å². The monoisotopic (exact) mass is 456 g/mol. The zero-order valence-electron chi connectivity index (χ0n) is 18.2. The molecule has 2 aromatic carbocycles. The molecule has 1 amide bonds. The van der Waals surface area contributed by atoms with Crippen LogP contribution in [0.5, 0.6) is 0 Å². The molecule has 1 fully saturated rings. The Morgan fingerprint density at radius 1 is 1.06 bits per heavy atom. The van der Waals surface area contributed by atoms with Gasteiger partial charge in [-0.25, -0.2) is 8.42 Å². The van der Waals surface area contributed by atoms with Crippen molar-refractivity contribution in [1.29, 1.82) is 0 Å². The second-order valence-corrected chi connectivity index (χ2v) is 10.0. The molecule has 0 radical (unpaired) electrons. The molecule has 4 rings (SSSR count). The molecule has 0 saturated carbocycles. The van der Waals surface area contributed by atoms with Gasteiger partial charge in [-0.1, -0.05) is 24.3 Å². The molecule has 32 heavy (non-hydrogen) atoms. The number of hydrogen-bond acceptors (Lipinski definition) is 5. The standard InChI is InChI=1S/C24H28N2O5S/c1-2-31-24(28)20-11-6-14-25(17-20)23(27)19-9-5-12-21(16-19)32(29,30)26-15-7-10-18-8-3-4-13-22(18)26/h3-5,8-9,12-13,16,20H,2,6-7,10-11,14-15,17H2,1H3. The SMILES string of the molecule is CCOC(=O)C1CCCN(C(=O)c2cccc(S(=O)(=O)N3CCCc4ccccc43)c2)C1. The Hall–Kier alpha value is -2.87. The number of esters is 1. The van der Waals surface area contributed by atoms with E-state index in [2.05, 4.69) is 0 Å². The molecular weight excluding hydrogens is 428 g/mol. The van der Waals surface area contributed by atoms with E-state index in [1.807, 2.05) is 24.3 Å². The van der Waals surface area contributed by atoms with E-state index in [9.17, 15) is 18.0 Å². The van der Waals surface area contributed by atoms with E-state index < -0.39 is 10.0 Å². The zero-order chi connectivity index (χ0) is 22.7. The van der Waals surface area contributed by atoms with Crippen LogP contribution < -0.4 is 4.31 Å². The van der Waals surface area contributed by atoms with Crippen molar-refractivity contribution in [2.24, 2.45) is 5.92 Å². The van der Waals surface area contributed by atoms with Crippen LogP contribution >= 0.6 is 0 Å². The summed E-state index contributed by atoms with van der Waals surface area (Å²) in [6.45, 7) is 3.29.